The van der Waals surface area contributed by atoms with Gasteiger partial charge >= 0.3 is 0 Å². The molecule has 34 heavy (non-hydrogen) atoms. The molecule has 0 N–H and O–H groups in total. The molecule has 2 aliphatic heterocycles. The standard InChI is InChI=1S/C27H28FN3O2S/c1-19-5-7-20(8-6-19)27(33)30-14-12-29(13-15-30)25(32)18-31-11-9-24-23(10-16-34-24)26(31)21-3-2-4-22(28)17-21/h2-8,10,16-17,26H,9,11-15,18H2,1H3/t26-/m0/s1. The first-order valence-electron chi connectivity index (χ1n) is 11.7. The van der Waals surface area contributed by atoms with Crippen LogP contribution in [0.2, 0.25) is 0 Å². The maximum atomic E-state index is 14.0. The van der Waals surface area contributed by atoms with Crippen molar-refractivity contribution in [2.45, 2.75) is 19.4 Å². The van der Waals surface area contributed by atoms with Gasteiger partial charge in [-0.15, -0.1) is 11.3 Å². The van der Waals surface area contributed by atoms with E-state index in [0.717, 1.165) is 24.1 Å². The van der Waals surface area contributed by atoms with Crippen molar-refractivity contribution in [3.63, 3.8) is 0 Å². The molecule has 1 atom stereocenters. The van der Waals surface area contributed by atoms with Gasteiger partial charge in [-0.2, -0.15) is 0 Å². The molecule has 2 aromatic carbocycles. The zero-order chi connectivity index (χ0) is 23.7. The van der Waals surface area contributed by atoms with E-state index in [4.69, 9.17) is 0 Å². The van der Waals surface area contributed by atoms with Crippen LogP contribution < -0.4 is 0 Å². The van der Waals surface area contributed by atoms with Crippen LogP contribution in [-0.4, -0.2) is 65.8 Å². The quantitative estimate of drug-likeness (QED) is 0.568. The first-order valence-corrected chi connectivity index (χ1v) is 12.6. The SMILES string of the molecule is Cc1ccc(C(=O)N2CCN(C(=O)CN3CCc4sccc4[C@@H]3c3cccc(F)c3)CC2)cc1. The van der Waals surface area contributed by atoms with Crippen LogP contribution in [0.25, 0.3) is 0 Å². The molecule has 1 aromatic heterocycles. The van der Waals surface area contributed by atoms with E-state index in [1.54, 1.807) is 23.5 Å². The third-order valence-corrected chi connectivity index (χ3v) is 7.78. The minimum absolute atomic E-state index is 0.0132. The third-order valence-electron chi connectivity index (χ3n) is 6.79. The van der Waals surface area contributed by atoms with Crippen molar-refractivity contribution in [2.24, 2.45) is 0 Å². The van der Waals surface area contributed by atoms with Gasteiger partial charge in [0.05, 0.1) is 12.6 Å². The summed E-state index contributed by atoms with van der Waals surface area (Å²) in [5, 5.41) is 2.08. The molecule has 0 bridgehead atoms. The molecule has 3 heterocycles. The van der Waals surface area contributed by atoms with Crippen molar-refractivity contribution in [1.82, 2.24) is 14.7 Å². The topological polar surface area (TPSA) is 43.9 Å². The van der Waals surface area contributed by atoms with Crippen molar-refractivity contribution < 1.29 is 14.0 Å². The molecule has 2 amide bonds. The fourth-order valence-electron chi connectivity index (χ4n) is 4.92. The number of thiophene rings is 1. The van der Waals surface area contributed by atoms with E-state index < -0.39 is 0 Å². The number of aryl methyl sites for hydroxylation is 1. The number of hydrogen-bond acceptors (Lipinski definition) is 4. The Morgan fingerprint density at radius 2 is 1.71 bits per heavy atom. The predicted octanol–water partition coefficient (Wildman–Crippen LogP) is 4.13. The van der Waals surface area contributed by atoms with Crippen LogP contribution in [0.3, 0.4) is 0 Å². The Bertz CT molecular complexity index is 1180. The number of halogens is 1. The highest BCUT2D eigenvalue weighted by Gasteiger charge is 2.33. The number of nitrogens with zero attached hydrogens (tertiary/aromatic N) is 3. The molecule has 1 saturated heterocycles. The monoisotopic (exact) mass is 477 g/mol. The van der Waals surface area contributed by atoms with E-state index in [2.05, 4.69) is 16.3 Å². The highest BCUT2D eigenvalue weighted by molar-refractivity contribution is 7.10. The molecule has 5 rings (SSSR count). The Morgan fingerprint density at radius 3 is 2.44 bits per heavy atom. The minimum atomic E-state index is -0.263. The number of benzene rings is 2. The molecule has 176 valence electrons. The van der Waals surface area contributed by atoms with Gasteiger partial charge in [0, 0.05) is 43.2 Å². The molecule has 5 nitrogen and oxygen atoms in total. The lowest BCUT2D eigenvalue weighted by molar-refractivity contribution is -0.134. The summed E-state index contributed by atoms with van der Waals surface area (Å²) < 4.78 is 14.0. The van der Waals surface area contributed by atoms with E-state index in [9.17, 15) is 14.0 Å². The molecule has 3 aromatic rings. The first kappa shape index (κ1) is 22.7. The molecule has 0 spiro atoms. The van der Waals surface area contributed by atoms with Gasteiger partial charge in [-0.1, -0.05) is 29.8 Å². The first-order chi connectivity index (χ1) is 16.5. The lowest BCUT2D eigenvalue weighted by Crippen LogP contribution is -2.53. The Kier molecular flexibility index (Phi) is 6.48. The Labute approximate surface area is 203 Å². The van der Waals surface area contributed by atoms with E-state index in [-0.39, 0.29) is 30.2 Å². The van der Waals surface area contributed by atoms with Crippen LogP contribution in [0.4, 0.5) is 4.39 Å². The lowest BCUT2D eigenvalue weighted by atomic mass is 9.93. The second-order valence-electron chi connectivity index (χ2n) is 9.02. The highest BCUT2D eigenvalue weighted by atomic mass is 32.1. The van der Waals surface area contributed by atoms with Gasteiger partial charge in [0.1, 0.15) is 5.82 Å². The normalized spacial score (nSPS) is 18.6. The Hall–Kier alpha value is -3.03. The van der Waals surface area contributed by atoms with Crippen molar-refractivity contribution in [1.29, 1.82) is 0 Å². The van der Waals surface area contributed by atoms with Crippen LogP contribution >= 0.6 is 11.3 Å². The number of carbonyl (C=O) groups excluding carboxylic acids is 2. The van der Waals surface area contributed by atoms with Gasteiger partial charge in [-0.25, -0.2) is 4.39 Å². The fourth-order valence-corrected chi connectivity index (χ4v) is 5.82. The van der Waals surface area contributed by atoms with Gasteiger partial charge < -0.3 is 9.80 Å². The lowest BCUT2D eigenvalue weighted by Gasteiger charge is -2.39. The smallest absolute Gasteiger partial charge is 0.253 e. The highest BCUT2D eigenvalue weighted by Crippen LogP contribution is 2.37. The van der Waals surface area contributed by atoms with Crippen LogP contribution in [0, 0.1) is 12.7 Å². The Morgan fingerprint density at radius 1 is 0.971 bits per heavy atom. The summed E-state index contributed by atoms with van der Waals surface area (Å²) in [4.78, 5) is 33.2. The van der Waals surface area contributed by atoms with Crippen LogP contribution in [-0.2, 0) is 11.2 Å². The van der Waals surface area contributed by atoms with Crippen LogP contribution in [0.15, 0.2) is 60.0 Å². The Balaban J connectivity index is 1.25. The van der Waals surface area contributed by atoms with Gasteiger partial charge in [0.25, 0.3) is 5.91 Å². The molecule has 0 saturated carbocycles. The van der Waals surface area contributed by atoms with Gasteiger partial charge in [0.2, 0.25) is 5.91 Å². The predicted molar refractivity (Wildman–Crippen MR) is 132 cm³/mol. The maximum absolute atomic E-state index is 14.0. The molecule has 2 aliphatic rings. The molecule has 1 fully saturated rings. The third kappa shape index (κ3) is 4.63. The van der Waals surface area contributed by atoms with Crippen LogP contribution in [0.1, 0.15) is 38.0 Å². The van der Waals surface area contributed by atoms with Crippen LogP contribution in [0.5, 0.6) is 0 Å². The van der Waals surface area contributed by atoms with Crippen molar-refractivity contribution >= 4 is 23.2 Å². The number of rotatable bonds is 4. The number of carbonyl (C=O) groups is 2. The molecule has 0 unspecified atom stereocenters. The van der Waals surface area contributed by atoms with E-state index in [1.807, 2.05) is 47.1 Å². The molecule has 0 radical (unpaired) electrons. The zero-order valence-electron chi connectivity index (χ0n) is 19.2. The largest absolute Gasteiger partial charge is 0.338 e. The summed E-state index contributed by atoms with van der Waals surface area (Å²) >= 11 is 1.73. The molecule has 7 heteroatoms. The van der Waals surface area contributed by atoms with Crippen molar-refractivity contribution in [3.05, 3.63) is 92.9 Å². The summed E-state index contributed by atoms with van der Waals surface area (Å²) in [6.07, 6.45) is 0.894. The van der Waals surface area contributed by atoms with Crippen molar-refractivity contribution in [3.8, 4) is 0 Å². The molecular weight excluding hydrogens is 449 g/mol. The zero-order valence-corrected chi connectivity index (χ0v) is 20.1. The fraction of sp³-hybridized carbons (Fsp3) is 0.333. The van der Waals surface area contributed by atoms with E-state index in [1.165, 1.54) is 16.5 Å². The summed E-state index contributed by atoms with van der Waals surface area (Å²) in [5.74, 6) is -0.192. The number of hydrogen-bond donors (Lipinski definition) is 0. The van der Waals surface area contributed by atoms with Gasteiger partial charge in [0.15, 0.2) is 0 Å². The summed E-state index contributed by atoms with van der Waals surface area (Å²) in [6, 6.07) is 16.3. The number of amides is 2. The number of piperazine rings is 1. The average Bonchev–Trinajstić information content (AvgIpc) is 3.33. The molecule has 0 aliphatic carbocycles. The average molecular weight is 478 g/mol. The van der Waals surface area contributed by atoms with E-state index >= 15 is 0 Å². The molecular formula is C27H28FN3O2S. The van der Waals surface area contributed by atoms with Gasteiger partial charge in [-0.05, 0) is 60.2 Å². The minimum Gasteiger partial charge on any atom is -0.338 e. The maximum Gasteiger partial charge on any atom is 0.253 e. The second kappa shape index (κ2) is 9.68. The summed E-state index contributed by atoms with van der Waals surface area (Å²) in [5.41, 5.74) is 3.85. The summed E-state index contributed by atoms with van der Waals surface area (Å²) in [7, 11) is 0. The van der Waals surface area contributed by atoms with Crippen molar-refractivity contribution in [2.75, 3.05) is 39.3 Å². The number of fused-ring (bicyclic) bond motifs is 1. The van der Waals surface area contributed by atoms with Gasteiger partial charge in [-0.3, -0.25) is 14.5 Å². The van der Waals surface area contributed by atoms with E-state index in [0.29, 0.717) is 31.7 Å². The second-order valence-corrected chi connectivity index (χ2v) is 10.0. The summed E-state index contributed by atoms with van der Waals surface area (Å²) in [6.45, 7) is 5.14.